The summed E-state index contributed by atoms with van der Waals surface area (Å²) in [4.78, 5) is 12.3. The minimum atomic E-state index is -0.989. The Hall–Kier alpha value is -0.790. The van der Waals surface area contributed by atoms with Crippen LogP contribution in [0.2, 0.25) is 5.02 Å². The lowest BCUT2D eigenvalue weighted by Crippen LogP contribution is -2.00. The molecule has 0 aliphatic heterocycles. The van der Waals surface area contributed by atoms with E-state index in [4.69, 9.17) is 17.3 Å². The molecule has 3 nitrogen and oxygen atoms in total. The van der Waals surface area contributed by atoms with Gasteiger partial charge in [0, 0.05) is 8.45 Å². The molecule has 20 heavy (non-hydrogen) atoms. The van der Waals surface area contributed by atoms with E-state index in [9.17, 15) is 9.90 Å². The number of nitrogen functional groups attached to an aromatic ring is 1. The first-order valence-electron chi connectivity index (χ1n) is 5.93. The number of rotatable bonds is 3. The van der Waals surface area contributed by atoms with E-state index < -0.39 is 5.97 Å². The third-order valence-electron chi connectivity index (χ3n) is 2.94. The third-order valence-corrected chi connectivity index (χ3v) is 5.77. The van der Waals surface area contributed by atoms with Gasteiger partial charge in [0.15, 0.2) is 0 Å². The second-order valence-corrected chi connectivity index (χ2v) is 7.27. The van der Waals surface area contributed by atoms with Crippen molar-refractivity contribution < 1.29 is 9.90 Å². The van der Waals surface area contributed by atoms with Crippen molar-refractivity contribution in [2.24, 2.45) is 0 Å². The van der Waals surface area contributed by atoms with Gasteiger partial charge in [-0.15, -0.1) is 11.3 Å². The van der Waals surface area contributed by atoms with Crippen molar-refractivity contribution in [2.75, 3.05) is 5.73 Å². The van der Waals surface area contributed by atoms with Crippen molar-refractivity contribution in [1.82, 2.24) is 0 Å². The van der Waals surface area contributed by atoms with Crippen LogP contribution in [0.15, 0.2) is 18.2 Å². The van der Waals surface area contributed by atoms with Crippen LogP contribution >= 0.6 is 45.5 Å². The van der Waals surface area contributed by atoms with E-state index in [0.29, 0.717) is 10.7 Å². The zero-order valence-electron chi connectivity index (χ0n) is 10.9. The number of benzene rings is 1. The standard InChI is InChI=1S/C14H13ClINO2S/c1-6(2)10-11(17)13(14(18)19)20-12(10)7-3-4-9(16)8(15)5-7/h3-6H,17H2,1-2H3,(H,18,19). The first-order valence-corrected chi connectivity index (χ1v) is 8.21. The molecule has 0 amide bonds. The summed E-state index contributed by atoms with van der Waals surface area (Å²) in [6.45, 7) is 4.00. The van der Waals surface area contributed by atoms with Crippen LogP contribution < -0.4 is 5.73 Å². The molecule has 106 valence electrons. The van der Waals surface area contributed by atoms with Gasteiger partial charge in [-0.05, 0) is 51.8 Å². The van der Waals surface area contributed by atoms with Crippen molar-refractivity contribution in [2.45, 2.75) is 19.8 Å². The van der Waals surface area contributed by atoms with Gasteiger partial charge in [-0.3, -0.25) is 0 Å². The Labute approximate surface area is 139 Å². The zero-order chi connectivity index (χ0) is 15.0. The van der Waals surface area contributed by atoms with E-state index in [1.54, 1.807) is 0 Å². The smallest absolute Gasteiger partial charge is 0.348 e. The van der Waals surface area contributed by atoms with Gasteiger partial charge in [-0.25, -0.2) is 4.79 Å². The average Bonchev–Trinajstić information content (AvgIpc) is 2.70. The predicted octanol–water partition coefficient (Wildman–Crippen LogP) is 5.08. The van der Waals surface area contributed by atoms with E-state index in [-0.39, 0.29) is 10.8 Å². The van der Waals surface area contributed by atoms with Crippen molar-refractivity contribution in [1.29, 1.82) is 0 Å². The van der Waals surface area contributed by atoms with E-state index in [1.807, 2.05) is 32.0 Å². The summed E-state index contributed by atoms with van der Waals surface area (Å²) in [5, 5.41) is 9.89. The molecule has 0 spiro atoms. The summed E-state index contributed by atoms with van der Waals surface area (Å²) in [5.74, 6) is -0.843. The van der Waals surface area contributed by atoms with Crippen molar-refractivity contribution in [3.05, 3.63) is 37.2 Å². The normalized spacial score (nSPS) is 11.1. The van der Waals surface area contributed by atoms with Crippen LogP contribution in [0.25, 0.3) is 10.4 Å². The Bertz CT molecular complexity index is 682. The summed E-state index contributed by atoms with van der Waals surface area (Å²) >= 11 is 9.52. The van der Waals surface area contributed by atoms with Gasteiger partial charge in [0.25, 0.3) is 0 Å². The van der Waals surface area contributed by atoms with Gasteiger partial charge < -0.3 is 10.8 Å². The highest BCUT2D eigenvalue weighted by Crippen LogP contribution is 2.43. The van der Waals surface area contributed by atoms with Gasteiger partial charge in [0.2, 0.25) is 0 Å². The number of hydrogen-bond donors (Lipinski definition) is 2. The molecule has 1 aromatic heterocycles. The highest BCUT2D eigenvalue weighted by atomic mass is 127. The van der Waals surface area contributed by atoms with Crippen LogP contribution in [0.5, 0.6) is 0 Å². The Balaban J connectivity index is 2.69. The van der Waals surface area contributed by atoms with Crippen LogP contribution in [0.1, 0.15) is 35.0 Å². The molecule has 0 aliphatic rings. The van der Waals surface area contributed by atoms with Crippen LogP contribution in [-0.2, 0) is 0 Å². The quantitative estimate of drug-likeness (QED) is 0.680. The fraction of sp³-hybridized carbons (Fsp3) is 0.214. The SMILES string of the molecule is CC(C)c1c(-c2ccc(I)c(Cl)c2)sc(C(=O)O)c1N. The van der Waals surface area contributed by atoms with Crippen LogP contribution in [0.3, 0.4) is 0 Å². The Morgan fingerprint density at radius 1 is 1.45 bits per heavy atom. The average molecular weight is 422 g/mol. The lowest BCUT2D eigenvalue weighted by Gasteiger charge is -2.09. The van der Waals surface area contributed by atoms with E-state index in [1.165, 1.54) is 11.3 Å². The highest BCUT2D eigenvalue weighted by molar-refractivity contribution is 14.1. The molecule has 0 unspecified atom stereocenters. The van der Waals surface area contributed by atoms with Gasteiger partial charge in [-0.2, -0.15) is 0 Å². The minimum Gasteiger partial charge on any atom is -0.477 e. The van der Waals surface area contributed by atoms with Crippen LogP contribution in [0.4, 0.5) is 5.69 Å². The maximum atomic E-state index is 11.3. The second kappa shape index (κ2) is 5.91. The molecule has 0 atom stereocenters. The van der Waals surface area contributed by atoms with E-state index in [0.717, 1.165) is 19.6 Å². The first-order chi connectivity index (χ1) is 9.32. The topological polar surface area (TPSA) is 63.3 Å². The Kier molecular flexibility index (Phi) is 4.61. The van der Waals surface area contributed by atoms with E-state index >= 15 is 0 Å². The molecular weight excluding hydrogens is 409 g/mol. The number of carboxylic acids is 1. The molecule has 0 saturated heterocycles. The number of nitrogens with two attached hydrogens (primary N) is 1. The largest absolute Gasteiger partial charge is 0.477 e. The number of carboxylic acid groups (broad SMARTS) is 1. The number of thiophene rings is 1. The van der Waals surface area contributed by atoms with Crippen molar-refractivity contribution in [3.63, 3.8) is 0 Å². The molecule has 0 fully saturated rings. The molecule has 2 rings (SSSR count). The molecular formula is C14H13ClINO2S. The van der Waals surface area contributed by atoms with Gasteiger partial charge in [-0.1, -0.05) is 31.5 Å². The molecule has 0 aliphatic carbocycles. The summed E-state index contributed by atoms with van der Waals surface area (Å²) < 4.78 is 0.960. The molecule has 6 heteroatoms. The summed E-state index contributed by atoms with van der Waals surface area (Å²) in [6, 6.07) is 5.71. The summed E-state index contributed by atoms with van der Waals surface area (Å²) in [7, 11) is 0. The maximum Gasteiger partial charge on any atom is 0.348 e. The number of anilines is 1. The fourth-order valence-electron chi connectivity index (χ4n) is 2.04. The van der Waals surface area contributed by atoms with Crippen molar-refractivity contribution in [3.8, 4) is 10.4 Å². The summed E-state index contributed by atoms with van der Waals surface area (Å²) in [5.41, 5.74) is 8.15. The first kappa shape index (κ1) is 15.6. The second-order valence-electron chi connectivity index (χ2n) is 4.68. The zero-order valence-corrected chi connectivity index (χ0v) is 14.6. The van der Waals surface area contributed by atoms with E-state index in [2.05, 4.69) is 22.6 Å². The Morgan fingerprint density at radius 2 is 2.10 bits per heavy atom. The molecule has 0 bridgehead atoms. The molecule has 1 heterocycles. The van der Waals surface area contributed by atoms with Crippen molar-refractivity contribution >= 4 is 57.2 Å². The maximum absolute atomic E-state index is 11.3. The van der Waals surface area contributed by atoms with Crippen LogP contribution in [-0.4, -0.2) is 11.1 Å². The van der Waals surface area contributed by atoms with Gasteiger partial charge >= 0.3 is 5.97 Å². The number of halogens is 2. The number of carbonyl (C=O) groups is 1. The summed E-state index contributed by atoms with van der Waals surface area (Å²) in [6.07, 6.45) is 0. The molecule has 0 radical (unpaired) electrons. The molecule has 3 N–H and O–H groups in total. The third kappa shape index (κ3) is 2.80. The number of hydrogen-bond acceptors (Lipinski definition) is 3. The fourth-order valence-corrected chi connectivity index (χ4v) is 3.77. The molecule has 0 saturated carbocycles. The monoisotopic (exact) mass is 421 g/mol. The van der Waals surface area contributed by atoms with Gasteiger partial charge in [0.1, 0.15) is 4.88 Å². The van der Waals surface area contributed by atoms with Crippen LogP contribution in [0, 0.1) is 3.57 Å². The lowest BCUT2D eigenvalue weighted by molar-refractivity contribution is 0.0703. The molecule has 2 aromatic rings. The Morgan fingerprint density at radius 3 is 2.60 bits per heavy atom. The molecule has 1 aromatic carbocycles. The van der Waals surface area contributed by atoms with Gasteiger partial charge in [0.05, 0.1) is 10.7 Å². The minimum absolute atomic E-state index is 0.146. The lowest BCUT2D eigenvalue weighted by atomic mass is 9.98. The number of aromatic carboxylic acids is 1. The predicted molar refractivity (Wildman–Crippen MR) is 92.9 cm³/mol. The highest BCUT2D eigenvalue weighted by Gasteiger charge is 2.23.